The average molecular weight is 435 g/mol. The van der Waals surface area contributed by atoms with Crippen LogP contribution in [0, 0.1) is 23.7 Å². The molecule has 1 aliphatic heterocycles. The van der Waals surface area contributed by atoms with Gasteiger partial charge in [0.25, 0.3) is 0 Å². The van der Waals surface area contributed by atoms with E-state index >= 15 is 0 Å². The third kappa shape index (κ3) is 6.96. The summed E-state index contributed by atoms with van der Waals surface area (Å²) in [5.74, 6) is 1.44. The van der Waals surface area contributed by atoms with E-state index in [1.807, 2.05) is 13.8 Å². The number of hydrogen-bond acceptors (Lipinski definition) is 6. The summed E-state index contributed by atoms with van der Waals surface area (Å²) in [5, 5.41) is 0. The van der Waals surface area contributed by atoms with E-state index in [1.54, 1.807) is 32.4 Å². The van der Waals surface area contributed by atoms with Crippen molar-refractivity contribution in [1.82, 2.24) is 0 Å². The molecule has 6 nitrogen and oxygen atoms in total. The molecule has 0 saturated carbocycles. The maximum Gasteiger partial charge on any atom is 0.309 e. The lowest BCUT2D eigenvalue weighted by Gasteiger charge is -2.22. The van der Waals surface area contributed by atoms with Gasteiger partial charge in [0.15, 0.2) is 17.3 Å². The number of hydrogen-bond donors (Lipinski definition) is 0. The van der Waals surface area contributed by atoms with Crippen molar-refractivity contribution in [2.24, 2.45) is 23.7 Å². The van der Waals surface area contributed by atoms with Gasteiger partial charge in [0.2, 0.25) is 0 Å². The van der Waals surface area contributed by atoms with Crippen LogP contribution in [0.15, 0.2) is 18.2 Å². The van der Waals surface area contributed by atoms with E-state index in [0.717, 1.165) is 12.8 Å². The number of Topliss-reactive ketones (excluding diaryl/α,β-unsaturated/α-hetero) is 1. The monoisotopic (exact) mass is 434 g/mol. The number of carbonyl (C=O) groups is 2. The fourth-order valence-electron chi connectivity index (χ4n) is 4.08. The molecule has 0 spiro atoms. The van der Waals surface area contributed by atoms with Crippen molar-refractivity contribution >= 4 is 11.8 Å². The Hall–Kier alpha value is -2.08. The molecule has 1 aliphatic rings. The maximum atomic E-state index is 13.3. The third-order valence-corrected chi connectivity index (χ3v) is 6.05. The summed E-state index contributed by atoms with van der Waals surface area (Å²) >= 11 is 0. The summed E-state index contributed by atoms with van der Waals surface area (Å²) in [4.78, 5) is 25.4. The van der Waals surface area contributed by atoms with E-state index in [4.69, 9.17) is 18.9 Å². The molecular weight excluding hydrogens is 396 g/mol. The van der Waals surface area contributed by atoms with Crippen molar-refractivity contribution in [3.63, 3.8) is 0 Å². The Kier molecular flexibility index (Phi) is 9.82. The predicted octanol–water partition coefficient (Wildman–Crippen LogP) is 4.93. The smallest absolute Gasteiger partial charge is 0.309 e. The molecule has 1 aromatic carbocycles. The van der Waals surface area contributed by atoms with Gasteiger partial charge in [-0.15, -0.1) is 0 Å². The molecule has 174 valence electrons. The van der Waals surface area contributed by atoms with Crippen LogP contribution >= 0.6 is 0 Å². The quantitative estimate of drug-likeness (QED) is 0.249. The molecule has 31 heavy (non-hydrogen) atoms. The number of cyclic esters (lactones) is 1. The van der Waals surface area contributed by atoms with Crippen LogP contribution in [-0.4, -0.2) is 45.3 Å². The Morgan fingerprint density at radius 1 is 1.13 bits per heavy atom. The molecule has 1 heterocycles. The number of benzene rings is 1. The molecule has 3 unspecified atom stereocenters. The van der Waals surface area contributed by atoms with Gasteiger partial charge in [0, 0.05) is 31.6 Å². The van der Waals surface area contributed by atoms with Gasteiger partial charge in [-0.3, -0.25) is 9.59 Å². The van der Waals surface area contributed by atoms with Crippen LogP contribution in [0.25, 0.3) is 0 Å². The second-order valence-electron chi connectivity index (χ2n) is 9.00. The average Bonchev–Trinajstić information content (AvgIpc) is 3.11. The highest BCUT2D eigenvalue weighted by molar-refractivity contribution is 5.98. The number of ether oxygens (including phenoxy) is 4. The molecular formula is C25H38O6. The Bertz CT molecular complexity index is 727. The van der Waals surface area contributed by atoms with E-state index in [9.17, 15) is 9.59 Å². The SMILES string of the molecule is COCCCOc1cc(C(=O)C(CCC2CC(C(C)C)C(=O)O2)C(C)C)ccc1OC. The van der Waals surface area contributed by atoms with Crippen molar-refractivity contribution < 1.29 is 28.5 Å². The Morgan fingerprint density at radius 2 is 1.87 bits per heavy atom. The highest BCUT2D eigenvalue weighted by Crippen LogP contribution is 2.34. The first-order chi connectivity index (χ1) is 14.8. The zero-order valence-corrected chi connectivity index (χ0v) is 19.8. The van der Waals surface area contributed by atoms with Crippen molar-refractivity contribution in [2.75, 3.05) is 27.4 Å². The fraction of sp³-hybridized carbons (Fsp3) is 0.680. The lowest BCUT2D eigenvalue weighted by molar-refractivity contribution is -0.145. The highest BCUT2D eigenvalue weighted by Gasteiger charge is 2.37. The molecule has 0 aromatic heterocycles. The van der Waals surface area contributed by atoms with Crippen LogP contribution in [0.4, 0.5) is 0 Å². The van der Waals surface area contributed by atoms with E-state index in [-0.39, 0.29) is 41.5 Å². The first-order valence-electron chi connectivity index (χ1n) is 11.3. The van der Waals surface area contributed by atoms with Crippen LogP contribution in [0.2, 0.25) is 0 Å². The van der Waals surface area contributed by atoms with Crippen molar-refractivity contribution in [3.05, 3.63) is 23.8 Å². The Morgan fingerprint density at radius 3 is 2.45 bits per heavy atom. The largest absolute Gasteiger partial charge is 0.493 e. The van der Waals surface area contributed by atoms with E-state index < -0.39 is 0 Å². The summed E-state index contributed by atoms with van der Waals surface area (Å²) in [5.41, 5.74) is 0.615. The molecule has 1 saturated heterocycles. The number of esters is 1. The standard InChI is InChI=1S/C25H38O6/c1-16(2)20(10-9-19-15-21(17(3)4)25(27)31-19)24(26)18-8-11-22(29-6)23(14-18)30-13-7-12-28-5/h8,11,14,16-17,19-21H,7,9-10,12-13,15H2,1-6H3. The number of rotatable bonds is 13. The first-order valence-corrected chi connectivity index (χ1v) is 11.3. The van der Waals surface area contributed by atoms with Gasteiger partial charge in [-0.2, -0.15) is 0 Å². The van der Waals surface area contributed by atoms with Gasteiger partial charge in [0.05, 0.1) is 19.6 Å². The molecule has 1 aromatic rings. The topological polar surface area (TPSA) is 71.1 Å². The summed E-state index contributed by atoms with van der Waals surface area (Å²) in [6, 6.07) is 5.35. The molecule has 0 N–H and O–H groups in total. The Balaban J connectivity index is 2.06. The zero-order valence-electron chi connectivity index (χ0n) is 19.8. The highest BCUT2D eigenvalue weighted by atomic mass is 16.6. The lowest BCUT2D eigenvalue weighted by Crippen LogP contribution is -2.22. The van der Waals surface area contributed by atoms with Crippen LogP contribution in [0.1, 0.15) is 63.7 Å². The summed E-state index contributed by atoms with van der Waals surface area (Å²) in [7, 11) is 3.24. The van der Waals surface area contributed by atoms with Crippen LogP contribution in [0.3, 0.4) is 0 Å². The number of methoxy groups -OCH3 is 2. The molecule has 0 bridgehead atoms. The van der Waals surface area contributed by atoms with Crippen molar-refractivity contribution in [2.45, 2.75) is 59.5 Å². The minimum Gasteiger partial charge on any atom is -0.493 e. The molecule has 3 atom stereocenters. The molecule has 6 heteroatoms. The minimum atomic E-state index is -0.147. The van der Waals surface area contributed by atoms with Gasteiger partial charge in [-0.05, 0) is 49.3 Å². The van der Waals surface area contributed by atoms with Gasteiger partial charge in [0.1, 0.15) is 6.10 Å². The van der Waals surface area contributed by atoms with Gasteiger partial charge in [-0.25, -0.2) is 0 Å². The molecule has 1 fully saturated rings. The van der Waals surface area contributed by atoms with E-state index in [1.165, 1.54) is 0 Å². The van der Waals surface area contributed by atoms with Crippen molar-refractivity contribution in [1.29, 1.82) is 0 Å². The van der Waals surface area contributed by atoms with Gasteiger partial charge in [-0.1, -0.05) is 27.7 Å². The van der Waals surface area contributed by atoms with Crippen LogP contribution in [-0.2, 0) is 14.3 Å². The molecule has 0 radical (unpaired) electrons. The van der Waals surface area contributed by atoms with Crippen molar-refractivity contribution in [3.8, 4) is 11.5 Å². The summed E-state index contributed by atoms with van der Waals surface area (Å²) in [6.07, 6.45) is 2.81. The van der Waals surface area contributed by atoms with E-state index in [0.29, 0.717) is 43.1 Å². The normalized spacial score (nSPS) is 19.5. The van der Waals surface area contributed by atoms with E-state index in [2.05, 4.69) is 13.8 Å². The fourth-order valence-corrected chi connectivity index (χ4v) is 4.08. The number of carbonyl (C=O) groups excluding carboxylic acids is 2. The van der Waals surface area contributed by atoms with Crippen LogP contribution < -0.4 is 9.47 Å². The third-order valence-electron chi connectivity index (χ3n) is 6.05. The molecule has 0 aliphatic carbocycles. The lowest BCUT2D eigenvalue weighted by atomic mass is 9.83. The zero-order chi connectivity index (χ0) is 23.0. The summed E-state index contributed by atoms with van der Waals surface area (Å²) < 4.78 is 21.8. The van der Waals surface area contributed by atoms with Crippen LogP contribution in [0.5, 0.6) is 11.5 Å². The first kappa shape index (κ1) is 25.2. The molecule has 2 rings (SSSR count). The second kappa shape index (κ2) is 12.1. The number of ketones is 1. The summed E-state index contributed by atoms with van der Waals surface area (Å²) in [6.45, 7) is 9.32. The maximum absolute atomic E-state index is 13.3. The predicted molar refractivity (Wildman–Crippen MR) is 120 cm³/mol. The second-order valence-corrected chi connectivity index (χ2v) is 9.00. The van der Waals surface area contributed by atoms with Gasteiger partial charge >= 0.3 is 5.97 Å². The minimum absolute atomic E-state index is 0.0300. The molecule has 0 amide bonds. The van der Waals surface area contributed by atoms with Gasteiger partial charge < -0.3 is 18.9 Å². The Labute approximate surface area is 186 Å².